The Labute approximate surface area is 129 Å². The minimum atomic E-state index is -3.49. The monoisotopic (exact) mass is 321 g/mol. The topological polar surface area (TPSA) is 89.8 Å². The van der Waals surface area contributed by atoms with Crippen LogP contribution < -0.4 is 4.72 Å². The summed E-state index contributed by atoms with van der Waals surface area (Å²) in [5.41, 5.74) is 0.718. The van der Waals surface area contributed by atoms with Gasteiger partial charge in [0.15, 0.2) is 0 Å². The van der Waals surface area contributed by atoms with E-state index < -0.39 is 10.0 Å². The van der Waals surface area contributed by atoms with Crippen LogP contribution in [0.15, 0.2) is 35.5 Å². The minimum Gasteiger partial charge on any atom is -0.208 e. The number of rotatable bonds is 4. The average Bonchev–Trinajstić information content (AvgIpc) is 3.04. The lowest BCUT2D eigenvalue weighted by Crippen LogP contribution is -2.40. The lowest BCUT2D eigenvalue weighted by atomic mass is 9.87. The molecule has 1 aromatic heterocycles. The molecule has 0 saturated heterocycles. The SMILES string of the molecule is C[C@H]1CCCC[C@@H]1NS(=O)(=O)c1ccc(-n2cnnn2)cc1. The van der Waals surface area contributed by atoms with Crippen LogP contribution >= 0.6 is 0 Å². The van der Waals surface area contributed by atoms with E-state index in [2.05, 4.69) is 27.2 Å². The zero-order valence-corrected chi connectivity index (χ0v) is 13.2. The maximum Gasteiger partial charge on any atom is 0.240 e. The lowest BCUT2D eigenvalue weighted by molar-refractivity contribution is 0.310. The first-order valence-corrected chi connectivity index (χ1v) is 8.90. The number of benzene rings is 1. The van der Waals surface area contributed by atoms with Crippen molar-refractivity contribution in [1.29, 1.82) is 0 Å². The van der Waals surface area contributed by atoms with Crippen molar-refractivity contribution in [2.75, 3.05) is 0 Å². The standard InChI is InChI=1S/C14H19N5O2S/c1-11-4-2-3-5-14(11)16-22(20,21)13-8-6-12(7-9-13)19-10-15-17-18-19/h6-11,14,16H,2-5H2,1H3/t11-,14-/m0/s1. The molecule has 2 aromatic rings. The zero-order chi connectivity index (χ0) is 15.6. The molecule has 1 aliphatic rings. The van der Waals surface area contributed by atoms with Crippen molar-refractivity contribution in [3.63, 3.8) is 0 Å². The van der Waals surface area contributed by atoms with Gasteiger partial charge >= 0.3 is 0 Å². The maximum absolute atomic E-state index is 12.5. The molecular formula is C14H19N5O2S. The van der Waals surface area contributed by atoms with E-state index in [1.807, 2.05) is 0 Å². The fourth-order valence-corrected chi connectivity index (χ4v) is 4.20. The summed E-state index contributed by atoms with van der Waals surface area (Å²) < 4.78 is 29.3. The molecule has 3 rings (SSSR count). The second-order valence-corrected chi connectivity index (χ2v) is 7.45. The first-order chi connectivity index (χ1) is 10.6. The Morgan fingerprint density at radius 2 is 1.91 bits per heavy atom. The van der Waals surface area contributed by atoms with Gasteiger partial charge in [-0.1, -0.05) is 19.8 Å². The Morgan fingerprint density at radius 1 is 1.18 bits per heavy atom. The minimum absolute atomic E-state index is 0.0259. The van der Waals surface area contributed by atoms with Crippen LogP contribution in [0.4, 0.5) is 0 Å². The van der Waals surface area contributed by atoms with Crippen LogP contribution in [0.5, 0.6) is 0 Å². The van der Waals surface area contributed by atoms with Crippen molar-refractivity contribution in [1.82, 2.24) is 24.9 Å². The van der Waals surface area contributed by atoms with Gasteiger partial charge in [-0.3, -0.25) is 0 Å². The van der Waals surface area contributed by atoms with E-state index in [9.17, 15) is 8.42 Å². The number of hydrogen-bond acceptors (Lipinski definition) is 5. The molecule has 22 heavy (non-hydrogen) atoms. The fourth-order valence-electron chi connectivity index (χ4n) is 2.82. The van der Waals surface area contributed by atoms with Gasteiger partial charge in [-0.25, -0.2) is 17.8 Å². The number of hydrogen-bond donors (Lipinski definition) is 1. The van der Waals surface area contributed by atoms with E-state index in [1.165, 1.54) is 17.4 Å². The Kier molecular flexibility index (Phi) is 4.21. The second kappa shape index (κ2) is 6.13. The normalized spacial score (nSPS) is 22.6. The highest BCUT2D eigenvalue weighted by Crippen LogP contribution is 2.25. The van der Waals surface area contributed by atoms with Crippen molar-refractivity contribution in [3.8, 4) is 5.69 Å². The van der Waals surface area contributed by atoms with Crippen LogP contribution in [0, 0.1) is 5.92 Å². The maximum atomic E-state index is 12.5. The molecule has 0 spiro atoms. The smallest absolute Gasteiger partial charge is 0.208 e. The highest BCUT2D eigenvalue weighted by atomic mass is 32.2. The zero-order valence-electron chi connectivity index (χ0n) is 12.4. The first-order valence-electron chi connectivity index (χ1n) is 7.42. The van der Waals surface area contributed by atoms with Crippen molar-refractivity contribution in [2.24, 2.45) is 5.92 Å². The van der Waals surface area contributed by atoms with Gasteiger partial charge in [0.25, 0.3) is 0 Å². The van der Waals surface area contributed by atoms with E-state index in [1.54, 1.807) is 24.3 Å². The predicted octanol–water partition coefficient (Wildman–Crippen LogP) is 1.52. The number of nitrogens with zero attached hydrogens (tertiary/aromatic N) is 4. The van der Waals surface area contributed by atoms with E-state index in [4.69, 9.17) is 0 Å². The fraction of sp³-hybridized carbons (Fsp3) is 0.500. The highest BCUT2D eigenvalue weighted by molar-refractivity contribution is 7.89. The molecule has 0 aliphatic heterocycles. The Morgan fingerprint density at radius 3 is 2.55 bits per heavy atom. The molecule has 0 unspecified atom stereocenters. The van der Waals surface area contributed by atoms with Crippen molar-refractivity contribution >= 4 is 10.0 Å². The summed E-state index contributed by atoms with van der Waals surface area (Å²) in [7, 11) is -3.49. The van der Waals surface area contributed by atoms with Crippen LogP contribution in [0.1, 0.15) is 32.6 Å². The van der Waals surface area contributed by atoms with Gasteiger partial charge in [0.05, 0.1) is 10.6 Å². The van der Waals surface area contributed by atoms with Gasteiger partial charge < -0.3 is 0 Å². The van der Waals surface area contributed by atoms with Crippen LogP contribution in [0.25, 0.3) is 5.69 Å². The highest BCUT2D eigenvalue weighted by Gasteiger charge is 2.26. The molecule has 8 heteroatoms. The predicted molar refractivity (Wildman–Crippen MR) is 80.9 cm³/mol. The quantitative estimate of drug-likeness (QED) is 0.922. The number of nitrogens with one attached hydrogen (secondary N) is 1. The molecule has 2 atom stereocenters. The summed E-state index contributed by atoms with van der Waals surface area (Å²) >= 11 is 0. The molecule has 0 radical (unpaired) electrons. The molecule has 1 aliphatic carbocycles. The van der Waals surface area contributed by atoms with Gasteiger partial charge in [-0.2, -0.15) is 0 Å². The second-order valence-electron chi connectivity index (χ2n) is 5.74. The van der Waals surface area contributed by atoms with Gasteiger partial charge in [-0.15, -0.1) is 5.10 Å². The third-order valence-corrected chi connectivity index (χ3v) is 5.68. The van der Waals surface area contributed by atoms with E-state index in [0.717, 1.165) is 24.9 Å². The van der Waals surface area contributed by atoms with Gasteiger partial charge in [0.2, 0.25) is 10.0 Å². The van der Waals surface area contributed by atoms with E-state index in [-0.39, 0.29) is 10.9 Å². The Hall–Kier alpha value is -1.80. The molecule has 1 heterocycles. The van der Waals surface area contributed by atoms with Crippen molar-refractivity contribution in [3.05, 3.63) is 30.6 Å². The summed E-state index contributed by atoms with van der Waals surface area (Å²) in [6.45, 7) is 2.10. The Balaban J connectivity index is 1.77. The summed E-state index contributed by atoms with van der Waals surface area (Å²) in [4.78, 5) is 0.266. The molecule has 1 fully saturated rings. The van der Waals surface area contributed by atoms with E-state index >= 15 is 0 Å². The van der Waals surface area contributed by atoms with Gasteiger partial charge in [-0.05, 0) is 53.5 Å². The van der Waals surface area contributed by atoms with Crippen molar-refractivity contribution < 1.29 is 8.42 Å². The van der Waals surface area contributed by atoms with Crippen molar-refractivity contribution in [2.45, 2.75) is 43.5 Å². The first kappa shape index (κ1) is 15.1. The number of sulfonamides is 1. The molecule has 1 aromatic carbocycles. The molecule has 1 saturated carbocycles. The Bertz CT molecular complexity index is 712. The molecule has 0 bridgehead atoms. The van der Waals surface area contributed by atoms with Gasteiger partial charge in [0.1, 0.15) is 6.33 Å². The third-order valence-electron chi connectivity index (χ3n) is 4.18. The molecule has 1 N–H and O–H groups in total. The van der Waals surface area contributed by atoms with Crippen LogP contribution in [0.3, 0.4) is 0 Å². The molecule has 7 nitrogen and oxygen atoms in total. The lowest BCUT2D eigenvalue weighted by Gasteiger charge is -2.29. The van der Waals surface area contributed by atoms with Crippen LogP contribution in [0.2, 0.25) is 0 Å². The summed E-state index contributed by atoms with van der Waals surface area (Å²) in [6.07, 6.45) is 5.70. The molecular weight excluding hydrogens is 302 g/mol. The van der Waals surface area contributed by atoms with Crippen LogP contribution in [-0.2, 0) is 10.0 Å². The van der Waals surface area contributed by atoms with Gasteiger partial charge in [0, 0.05) is 6.04 Å². The largest absolute Gasteiger partial charge is 0.240 e. The molecule has 0 amide bonds. The third kappa shape index (κ3) is 3.17. The number of aromatic nitrogens is 4. The summed E-state index contributed by atoms with van der Waals surface area (Å²) in [5.74, 6) is 0.379. The number of tetrazole rings is 1. The van der Waals surface area contributed by atoms with Crippen LogP contribution in [-0.4, -0.2) is 34.7 Å². The summed E-state index contributed by atoms with van der Waals surface area (Å²) in [6, 6.07) is 6.56. The average molecular weight is 321 g/mol. The van der Waals surface area contributed by atoms with E-state index in [0.29, 0.717) is 5.92 Å². The summed E-state index contributed by atoms with van der Waals surface area (Å²) in [5, 5.41) is 10.9. The molecule has 118 valence electrons.